The highest BCUT2D eigenvalue weighted by atomic mass is 16.3. The normalized spacial score (nSPS) is 13.2. The van der Waals surface area contributed by atoms with Crippen LogP contribution < -0.4 is 16.4 Å². The topological polar surface area (TPSA) is 35.9 Å². The smallest absolute Gasteiger partial charge is 0.252 e. The van der Waals surface area contributed by atoms with E-state index in [1.165, 1.54) is 71.5 Å². The second kappa shape index (κ2) is 7.93. The van der Waals surface area contributed by atoms with Crippen molar-refractivity contribution in [2.24, 2.45) is 0 Å². The van der Waals surface area contributed by atoms with Gasteiger partial charge in [-0.1, -0.05) is 84.4 Å². The summed E-state index contributed by atoms with van der Waals surface area (Å²) in [5, 5.41) is 11.4. The van der Waals surface area contributed by atoms with Crippen LogP contribution in [0.25, 0.3) is 77.3 Å². The van der Waals surface area contributed by atoms with E-state index in [2.05, 4.69) is 127 Å². The first-order chi connectivity index (χ1) is 22.1. The molecule has 0 spiro atoms. The Morgan fingerprint density at radius 1 is 0.600 bits per heavy atom. The first-order valence-electron chi connectivity index (χ1n) is 15.7. The molecule has 0 fully saturated rings. The van der Waals surface area contributed by atoms with Gasteiger partial charge in [-0.3, -0.25) is 0 Å². The Labute approximate surface area is 259 Å². The summed E-state index contributed by atoms with van der Waals surface area (Å²) in [6.07, 6.45) is 0. The Hall–Kier alpha value is -5.55. The minimum absolute atomic E-state index is 0.101. The highest BCUT2D eigenvalue weighted by Gasteiger charge is 2.41. The van der Waals surface area contributed by atoms with Crippen LogP contribution in [0, 0.1) is 20.8 Å². The molecule has 0 amide bonds. The summed E-state index contributed by atoms with van der Waals surface area (Å²) in [7, 11) is 0. The molecule has 0 aliphatic carbocycles. The number of aryl methyl sites for hydroxylation is 3. The van der Waals surface area contributed by atoms with Crippen molar-refractivity contribution in [3.05, 3.63) is 120 Å². The summed E-state index contributed by atoms with van der Waals surface area (Å²) < 4.78 is 11.4. The van der Waals surface area contributed by atoms with E-state index < -0.39 is 0 Å². The Balaban J connectivity index is 1.30. The molecule has 210 valence electrons. The first kappa shape index (κ1) is 23.9. The fourth-order valence-corrected chi connectivity index (χ4v) is 8.86. The molecule has 0 N–H and O–H groups in total. The third kappa shape index (κ3) is 2.74. The highest BCUT2D eigenvalue weighted by Crippen LogP contribution is 2.42. The summed E-state index contributed by atoms with van der Waals surface area (Å²) in [4.78, 5) is 0. The maximum Gasteiger partial charge on any atom is 0.252 e. The van der Waals surface area contributed by atoms with E-state index in [9.17, 15) is 0 Å². The van der Waals surface area contributed by atoms with Crippen LogP contribution >= 0.6 is 0 Å². The van der Waals surface area contributed by atoms with Gasteiger partial charge in [0.1, 0.15) is 11.3 Å². The molecule has 2 aliphatic heterocycles. The number of benzene rings is 6. The van der Waals surface area contributed by atoms with Gasteiger partial charge in [0.25, 0.3) is 6.71 Å². The average molecular weight is 575 g/mol. The predicted molar refractivity (Wildman–Crippen MR) is 187 cm³/mol. The molecule has 0 bridgehead atoms. The third-order valence-electron chi connectivity index (χ3n) is 10.4. The SMILES string of the molecule is Cc1cc(C)c(-c2nn3c4c(cccc24)B2c4c-3cccc4-n3c4c2cccc4c2ccc4c5ccccc5oc4c23)c(C)c1. The van der Waals surface area contributed by atoms with E-state index in [1.807, 2.05) is 6.07 Å². The van der Waals surface area contributed by atoms with Gasteiger partial charge in [0.15, 0.2) is 5.58 Å². The Morgan fingerprint density at radius 3 is 2.11 bits per heavy atom. The van der Waals surface area contributed by atoms with Crippen LogP contribution in [0.5, 0.6) is 0 Å². The standard InChI is InChI=1S/C40H26BN3O/c1-21-19-22(2)34(23(3)20-21)36-28-11-7-13-30-38(28)44(42-36)32-15-8-14-31-35(32)41(30)29-12-6-10-25-26-17-18-27-24-9-4-5-16-33(24)45-40(27)39(26)43(31)37(25)29/h4-20H,1-3H3. The van der Waals surface area contributed by atoms with Gasteiger partial charge < -0.3 is 8.98 Å². The van der Waals surface area contributed by atoms with Crippen molar-refractivity contribution >= 4 is 77.7 Å². The molecule has 11 rings (SSSR count). The Morgan fingerprint density at radius 2 is 1.27 bits per heavy atom. The van der Waals surface area contributed by atoms with Gasteiger partial charge in [-0.2, -0.15) is 5.10 Å². The average Bonchev–Trinajstić information content (AvgIpc) is 3.72. The Kier molecular flexibility index (Phi) is 4.21. The number of hydrogen-bond acceptors (Lipinski definition) is 2. The molecule has 45 heavy (non-hydrogen) atoms. The van der Waals surface area contributed by atoms with Gasteiger partial charge in [-0.25, -0.2) is 4.68 Å². The van der Waals surface area contributed by atoms with E-state index in [0.29, 0.717) is 0 Å². The minimum atomic E-state index is 0.101. The molecule has 0 atom stereocenters. The molecule has 9 aromatic rings. The lowest BCUT2D eigenvalue weighted by Crippen LogP contribution is -2.59. The maximum absolute atomic E-state index is 6.66. The quantitative estimate of drug-likeness (QED) is 0.188. The molecular weight excluding hydrogens is 549 g/mol. The lowest BCUT2D eigenvalue weighted by molar-refractivity contribution is 0.671. The van der Waals surface area contributed by atoms with Gasteiger partial charge in [0.05, 0.1) is 16.7 Å². The second-order valence-electron chi connectivity index (χ2n) is 12.9. The monoisotopic (exact) mass is 575 g/mol. The zero-order valence-electron chi connectivity index (χ0n) is 25.1. The van der Waals surface area contributed by atoms with Crippen molar-refractivity contribution in [3.63, 3.8) is 0 Å². The van der Waals surface area contributed by atoms with Gasteiger partial charge in [-0.15, -0.1) is 0 Å². The molecule has 2 aliphatic rings. The number of aromatic nitrogens is 3. The largest absolute Gasteiger partial charge is 0.454 e. The fourth-order valence-electron chi connectivity index (χ4n) is 8.86. The van der Waals surface area contributed by atoms with Crippen molar-refractivity contribution in [1.82, 2.24) is 14.3 Å². The lowest BCUT2D eigenvalue weighted by atomic mass is 9.34. The van der Waals surface area contributed by atoms with Crippen LogP contribution in [-0.2, 0) is 0 Å². The van der Waals surface area contributed by atoms with E-state index in [0.717, 1.165) is 38.8 Å². The van der Waals surface area contributed by atoms with Gasteiger partial charge in [0.2, 0.25) is 0 Å². The minimum Gasteiger partial charge on any atom is -0.454 e. The van der Waals surface area contributed by atoms with E-state index in [1.54, 1.807) is 0 Å². The summed E-state index contributed by atoms with van der Waals surface area (Å²) in [6.45, 7) is 6.70. The number of furan rings is 1. The van der Waals surface area contributed by atoms with E-state index >= 15 is 0 Å². The third-order valence-corrected chi connectivity index (χ3v) is 10.4. The molecule has 0 radical (unpaired) electrons. The molecule has 5 heteroatoms. The maximum atomic E-state index is 6.66. The zero-order chi connectivity index (χ0) is 29.7. The molecular formula is C40H26BN3O. The van der Waals surface area contributed by atoms with Gasteiger partial charge in [0, 0.05) is 43.7 Å². The van der Waals surface area contributed by atoms with Crippen molar-refractivity contribution in [2.75, 3.05) is 0 Å². The predicted octanol–water partition coefficient (Wildman–Crippen LogP) is 7.76. The molecule has 3 aromatic heterocycles. The summed E-state index contributed by atoms with van der Waals surface area (Å²) in [5.41, 5.74) is 17.9. The molecule has 0 saturated carbocycles. The molecule has 6 aromatic carbocycles. The second-order valence-corrected chi connectivity index (χ2v) is 12.9. The number of fused-ring (bicyclic) bond motifs is 11. The number of nitrogens with zero attached hydrogens (tertiary/aromatic N) is 3. The fraction of sp³-hybridized carbons (Fsp3) is 0.0750. The highest BCUT2D eigenvalue weighted by molar-refractivity contribution is 7.00. The van der Waals surface area contributed by atoms with E-state index in [-0.39, 0.29) is 6.71 Å². The van der Waals surface area contributed by atoms with Crippen LogP contribution in [-0.4, -0.2) is 21.1 Å². The zero-order valence-corrected chi connectivity index (χ0v) is 25.1. The van der Waals surface area contributed by atoms with Crippen LogP contribution in [0.4, 0.5) is 0 Å². The van der Waals surface area contributed by atoms with Crippen molar-refractivity contribution in [1.29, 1.82) is 0 Å². The number of para-hydroxylation sites is 3. The first-order valence-corrected chi connectivity index (χ1v) is 15.7. The van der Waals surface area contributed by atoms with Crippen molar-refractivity contribution in [3.8, 4) is 22.6 Å². The summed E-state index contributed by atoms with van der Waals surface area (Å²) in [5.74, 6) is 0. The lowest BCUT2D eigenvalue weighted by Gasteiger charge is -2.32. The molecule has 0 saturated heterocycles. The van der Waals surface area contributed by atoms with Crippen molar-refractivity contribution in [2.45, 2.75) is 20.8 Å². The molecule has 5 heterocycles. The van der Waals surface area contributed by atoms with Crippen LogP contribution in [0.1, 0.15) is 16.7 Å². The van der Waals surface area contributed by atoms with Crippen molar-refractivity contribution < 1.29 is 4.42 Å². The van der Waals surface area contributed by atoms with Crippen LogP contribution in [0.2, 0.25) is 0 Å². The van der Waals surface area contributed by atoms with Gasteiger partial charge >= 0.3 is 0 Å². The number of hydrogen-bond donors (Lipinski definition) is 0. The summed E-state index contributed by atoms with van der Waals surface area (Å²) >= 11 is 0. The van der Waals surface area contributed by atoms with Crippen LogP contribution in [0.3, 0.4) is 0 Å². The van der Waals surface area contributed by atoms with Crippen LogP contribution in [0.15, 0.2) is 108 Å². The van der Waals surface area contributed by atoms with E-state index in [4.69, 9.17) is 9.52 Å². The summed E-state index contributed by atoms with van der Waals surface area (Å²) in [6, 6.07) is 37.8. The molecule has 0 unspecified atom stereocenters. The number of rotatable bonds is 1. The van der Waals surface area contributed by atoms with Gasteiger partial charge in [-0.05, 0) is 72.6 Å². The Bertz CT molecular complexity index is 2790. The molecule has 4 nitrogen and oxygen atoms in total.